The van der Waals surface area contributed by atoms with Crippen LogP contribution in [0.3, 0.4) is 0 Å². The summed E-state index contributed by atoms with van der Waals surface area (Å²) in [5.41, 5.74) is 1.26. The monoisotopic (exact) mass is 266 g/mol. The Hall–Kier alpha value is -1.85. The van der Waals surface area contributed by atoms with Crippen LogP contribution in [0.2, 0.25) is 0 Å². The molecule has 0 saturated heterocycles. The van der Waals surface area contributed by atoms with Gasteiger partial charge in [-0.25, -0.2) is 0 Å². The molecule has 0 unspecified atom stereocenters. The van der Waals surface area contributed by atoms with Crippen molar-refractivity contribution in [2.45, 2.75) is 38.5 Å². The van der Waals surface area contributed by atoms with Crippen LogP contribution in [0.15, 0.2) is 4.52 Å². The zero-order valence-electron chi connectivity index (χ0n) is 11.0. The normalized spacial score (nSPS) is 14.6. The van der Waals surface area contributed by atoms with E-state index in [2.05, 4.69) is 5.16 Å². The van der Waals surface area contributed by atoms with Crippen LogP contribution in [0.4, 0.5) is 0 Å². The van der Waals surface area contributed by atoms with Gasteiger partial charge in [-0.3, -0.25) is 9.59 Å². The Kier molecular flexibility index (Phi) is 4.19. The lowest BCUT2D eigenvalue weighted by molar-refractivity contribution is -0.137. The quantitative estimate of drug-likeness (QED) is 0.835. The van der Waals surface area contributed by atoms with E-state index in [0.29, 0.717) is 5.69 Å². The van der Waals surface area contributed by atoms with E-state index in [-0.39, 0.29) is 18.9 Å². The fourth-order valence-electron chi connectivity index (χ4n) is 2.28. The largest absolute Gasteiger partial charge is 0.481 e. The van der Waals surface area contributed by atoms with Crippen molar-refractivity contribution in [2.75, 3.05) is 13.6 Å². The van der Waals surface area contributed by atoms with E-state index in [9.17, 15) is 9.59 Å². The van der Waals surface area contributed by atoms with E-state index >= 15 is 0 Å². The van der Waals surface area contributed by atoms with E-state index < -0.39 is 5.97 Å². The third-order valence-electron chi connectivity index (χ3n) is 3.41. The van der Waals surface area contributed by atoms with Gasteiger partial charge in [0.2, 0.25) is 0 Å². The van der Waals surface area contributed by atoms with Crippen molar-refractivity contribution in [3.05, 3.63) is 17.0 Å². The van der Waals surface area contributed by atoms with Crippen molar-refractivity contribution >= 4 is 11.9 Å². The van der Waals surface area contributed by atoms with Crippen LogP contribution in [0.1, 0.15) is 47.5 Å². The molecule has 1 N–H and O–H groups in total. The molecule has 19 heavy (non-hydrogen) atoms. The summed E-state index contributed by atoms with van der Waals surface area (Å²) in [6, 6.07) is 0. The van der Waals surface area contributed by atoms with Crippen LogP contribution < -0.4 is 0 Å². The number of fused-ring (bicyclic) bond motifs is 1. The average molecular weight is 266 g/mol. The van der Waals surface area contributed by atoms with Crippen molar-refractivity contribution in [2.24, 2.45) is 0 Å². The fraction of sp³-hybridized carbons (Fsp3) is 0.615. The number of nitrogens with zero attached hydrogens (tertiary/aromatic N) is 2. The molecule has 0 atom stereocenters. The Balaban J connectivity index is 2.10. The topological polar surface area (TPSA) is 83.6 Å². The maximum Gasteiger partial charge on any atom is 0.305 e. The second-order valence-electron chi connectivity index (χ2n) is 4.86. The molecule has 104 valence electrons. The van der Waals surface area contributed by atoms with Gasteiger partial charge in [-0.05, 0) is 19.3 Å². The molecular formula is C13H18N2O4. The second kappa shape index (κ2) is 5.86. The molecule has 1 aliphatic rings. The lowest BCUT2D eigenvalue weighted by atomic mass is 10.1. The highest BCUT2D eigenvalue weighted by atomic mass is 16.5. The van der Waals surface area contributed by atoms with Crippen LogP contribution >= 0.6 is 0 Å². The molecule has 1 aliphatic carbocycles. The maximum atomic E-state index is 12.2. The third kappa shape index (κ3) is 3.13. The maximum absolute atomic E-state index is 12.2. The van der Waals surface area contributed by atoms with Gasteiger partial charge in [0.25, 0.3) is 5.91 Å². The molecule has 6 heteroatoms. The zero-order chi connectivity index (χ0) is 13.8. The van der Waals surface area contributed by atoms with Gasteiger partial charge in [-0.15, -0.1) is 0 Å². The first-order valence-corrected chi connectivity index (χ1v) is 6.54. The average Bonchev–Trinajstić information content (AvgIpc) is 2.63. The summed E-state index contributed by atoms with van der Waals surface area (Å²) in [5.74, 6) is -0.362. The third-order valence-corrected chi connectivity index (χ3v) is 3.41. The van der Waals surface area contributed by atoms with Gasteiger partial charge in [0.1, 0.15) is 5.76 Å². The smallest absolute Gasteiger partial charge is 0.305 e. The first-order chi connectivity index (χ1) is 9.09. The van der Waals surface area contributed by atoms with Gasteiger partial charge in [0, 0.05) is 25.6 Å². The van der Waals surface area contributed by atoms with Crippen LogP contribution in [0.25, 0.3) is 0 Å². The van der Waals surface area contributed by atoms with Crippen molar-refractivity contribution in [3.8, 4) is 0 Å². The number of amides is 1. The number of carboxylic acids is 1. The Bertz CT molecular complexity index is 481. The molecule has 0 saturated carbocycles. The Morgan fingerprint density at radius 3 is 2.79 bits per heavy atom. The molecule has 0 aromatic carbocycles. The fourth-order valence-corrected chi connectivity index (χ4v) is 2.28. The lowest BCUT2D eigenvalue weighted by Gasteiger charge is -2.14. The van der Waals surface area contributed by atoms with Crippen LogP contribution in [0, 0.1) is 0 Å². The van der Waals surface area contributed by atoms with Gasteiger partial charge in [0.05, 0.1) is 6.42 Å². The van der Waals surface area contributed by atoms with E-state index in [1.807, 2.05) is 0 Å². The summed E-state index contributed by atoms with van der Waals surface area (Å²) in [5, 5.41) is 12.5. The van der Waals surface area contributed by atoms with Gasteiger partial charge >= 0.3 is 5.97 Å². The summed E-state index contributed by atoms with van der Waals surface area (Å²) in [4.78, 5) is 24.1. The summed E-state index contributed by atoms with van der Waals surface area (Å²) in [6.45, 7) is 0.176. The molecule has 2 rings (SSSR count). The minimum Gasteiger partial charge on any atom is -0.481 e. The van der Waals surface area contributed by atoms with Crippen LogP contribution in [-0.2, 0) is 17.6 Å². The number of hydrogen-bond acceptors (Lipinski definition) is 4. The van der Waals surface area contributed by atoms with Crippen molar-refractivity contribution in [1.82, 2.24) is 10.1 Å². The molecule has 1 aromatic rings. The molecular weight excluding hydrogens is 248 g/mol. The van der Waals surface area contributed by atoms with Crippen molar-refractivity contribution in [3.63, 3.8) is 0 Å². The highest BCUT2D eigenvalue weighted by Crippen LogP contribution is 2.24. The van der Waals surface area contributed by atoms with Crippen molar-refractivity contribution in [1.29, 1.82) is 0 Å². The number of rotatable bonds is 4. The van der Waals surface area contributed by atoms with Gasteiger partial charge in [0.15, 0.2) is 5.69 Å². The van der Waals surface area contributed by atoms with E-state index in [1.54, 1.807) is 7.05 Å². The van der Waals surface area contributed by atoms with Crippen LogP contribution in [0.5, 0.6) is 0 Å². The minimum atomic E-state index is -0.918. The van der Waals surface area contributed by atoms with E-state index in [4.69, 9.17) is 9.63 Å². The predicted molar refractivity (Wildman–Crippen MR) is 67.0 cm³/mol. The van der Waals surface area contributed by atoms with Gasteiger partial charge < -0.3 is 14.5 Å². The number of carbonyl (C=O) groups is 2. The molecule has 1 heterocycles. The van der Waals surface area contributed by atoms with E-state index in [1.165, 1.54) is 4.90 Å². The Labute approximate surface area is 111 Å². The minimum absolute atomic E-state index is 0.0672. The summed E-state index contributed by atoms with van der Waals surface area (Å²) >= 11 is 0. The highest BCUT2D eigenvalue weighted by Gasteiger charge is 2.25. The molecule has 0 bridgehead atoms. The summed E-state index contributed by atoms with van der Waals surface area (Å²) in [7, 11) is 1.59. The molecule has 1 amide bonds. The number of aromatic nitrogens is 1. The predicted octanol–water partition coefficient (Wildman–Crippen LogP) is 1.49. The van der Waals surface area contributed by atoms with Crippen LogP contribution in [-0.4, -0.2) is 40.6 Å². The Morgan fingerprint density at radius 1 is 1.32 bits per heavy atom. The summed E-state index contributed by atoms with van der Waals surface area (Å²) in [6.07, 6.45) is 4.80. The highest BCUT2D eigenvalue weighted by molar-refractivity contribution is 5.93. The van der Waals surface area contributed by atoms with Gasteiger partial charge in [-0.1, -0.05) is 11.6 Å². The molecule has 1 aromatic heterocycles. The standard InChI is InChI=1S/C13H18N2O4/c1-15(8-7-11(16)17)13(18)12-9-5-3-2-4-6-10(9)19-14-12/h2-8H2,1H3,(H,16,17). The summed E-state index contributed by atoms with van der Waals surface area (Å²) < 4.78 is 5.25. The number of carbonyl (C=O) groups excluding carboxylic acids is 1. The zero-order valence-corrected chi connectivity index (χ0v) is 11.0. The van der Waals surface area contributed by atoms with Crippen molar-refractivity contribution < 1.29 is 19.2 Å². The molecule has 6 nitrogen and oxygen atoms in total. The molecule has 0 spiro atoms. The number of aliphatic carboxylic acids is 1. The molecule has 0 aliphatic heterocycles. The first kappa shape index (κ1) is 13.6. The molecule has 0 radical (unpaired) electrons. The number of hydrogen-bond donors (Lipinski definition) is 1. The number of carboxylic acid groups (broad SMARTS) is 1. The van der Waals surface area contributed by atoms with E-state index in [0.717, 1.165) is 43.4 Å². The first-order valence-electron chi connectivity index (χ1n) is 6.54. The lowest BCUT2D eigenvalue weighted by Crippen LogP contribution is -2.30. The number of aryl methyl sites for hydroxylation is 1. The molecule has 0 fully saturated rings. The SMILES string of the molecule is CN(CCC(=O)O)C(=O)c1noc2c1CCCCC2. The second-order valence-corrected chi connectivity index (χ2v) is 4.86. The van der Waals surface area contributed by atoms with Gasteiger partial charge in [-0.2, -0.15) is 0 Å². The Morgan fingerprint density at radius 2 is 2.05 bits per heavy atom.